The van der Waals surface area contributed by atoms with Gasteiger partial charge < -0.3 is 0 Å². The van der Waals surface area contributed by atoms with Crippen LogP contribution in [0.25, 0.3) is 0 Å². The summed E-state index contributed by atoms with van der Waals surface area (Å²) in [6.45, 7) is 0. The molecular weight excluding hydrogens is 253 g/mol. The van der Waals surface area contributed by atoms with Crippen LogP contribution in [-0.2, 0) is 40.4 Å². The van der Waals surface area contributed by atoms with Crippen molar-refractivity contribution in [2.75, 3.05) is 0 Å². The van der Waals surface area contributed by atoms with E-state index >= 15 is 0 Å². The zero-order valence-electron chi connectivity index (χ0n) is 4.20. The molecule has 0 aliphatic carbocycles. The normalized spacial score (nSPS) is 9.80. The summed E-state index contributed by atoms with van der Waals surface area (Å²) in [5.41, 5.74) is 0. The summed E-state index contributed by atoms with van der Waals surface area (Å²) in [7, 11) is -4.67. The SMILES string of the molecule is O=S(=O)(O)O.[O]=[Nb](=[O])(=[O])=[O]. The zero-order chi connectivity index (χ0) is 9.00. The molecule has 0 saturated heterocycles. The van der Waals surface area contributed by atoms with Gasteiger partial charge >= 0.3 is 40.4 Å². The van der Waals surface area contributed by atoms with Gasteiger partial charge in [-0.05, 0) is 0 Å². The van der Waals surface area contributed by atoms with E-state index < -0.39 is 27.4 Å². The van der Waals surface area contributed by atoms with Gasteiger partial charge in [-0.2, -0.15) is 8.42 Å². The van der Waals surface area contributed by atoms with Crippen molar-refractivity contribution >= 4 is 10.4 Å². The molecule has 10 heteroatoms. The van der Waals surface area contributed by atoms with Gasteiger partial charge in [-0.15, -0.1) is 0 Å². The Morgan fingerprint density at radius 1 is 0.900 bits per heavy atom. The number of hydrogen-bond acceptors (Lipinski definition) is 6. The molecule has 0 bridgehead atoms. The van der Waals surface area contributed by atoms with Crippen LogP contribution in [0, 0.1) is 0 Å². The first-order valence-corrected chi connectivity index (χ1v) is 6.42. The molecule has 0 aromatic rings. The maximum absolute atomic E-state index is 8.74. The molecule has 0 aromatic heterocycles. The molecule has 0 fully saturated rings. The van der Waals surface area contributed by atoms with Gasteiger partial charge in [0.2, 0.25) is 0 Å². The Labute approximate surface area is 58.3 Å². The summed E-state index contributed by atoms with van der Waals surface area (Å²) < 4.78 is 66.1. The fourth-order valence-corrected chi connectivity index (χ4v) is 0. The van der Waals surface area contributed by atoms with E-state index in [4.69, 9.17) is 30.5 Å². The molecule has 0 radical (unpaired) electrons. The van der Waals surface area contributed by atoms with Crippen LogP contribution in [0.1, 0.15) is 0 Å². The van der Waals surface area contributed by atoms with Crippen molar-refractivity contribution in [1.82, 2.24) is 0 Å². The minimum atomic E-state index is -6.10. The van der Waals surface area contributed by atoms with Crippen molar-refractivity contribution in [2.45, 2.75) is 0 Å². The van der Waals surface area contributed by atoms with E-state index in [2.05, 4.69) is 0 Å². The van der Waals surface area contributed by atoms with Gasteiger partial charge in [-0.1, -0.05) is 0 Å². The van der Waals surface area contributed by atoms with Crippen LogP contribution >= 0.6 is 0 Å². The molecule has 0 aliphatic rings. The van der Waals surface area contributed by atoms with Gasteiger partial charge in [-0.3, -0.25) is 9.11 Å². The van der Waals surface area contributed by atoms with Crippen LogP contribution in [0.2, 0.25) is 0 Å². The second kappa shape index (κ2) is 3.85. The van der Waals surface area contributed by atoms with Gasteiger partial charge in [0.05, 0.1) is 0 Å². The Morgan fingerprint density at radius 3 is 0.900 bits per heavy atom. The monoisotopic (exact) mass is 255 g/mol. The van der Waals surface area contributed by atoms with E-state index in [1.165, 1.54) is 0 Å². The predicted molar refractivity (Wildman–Crippen MR) is 16.9 cm³/mol. The van der Waals surface area contributed by atoms with Crippen LogP contribution in [0.5, 0.6) is 0 Å². The summed E-state index contributed by atoms with van der Waals surface area (Å²) in [6, 6.07) is 0. The van der Waals surface area contributed by atoms with E-state index in [1.54, 1.807) is 0 Å². The molecule has 8 nitrogen and oxygen atoms in total. The topological polar surface area (TPSA) is 143 Å². The molecule has 0 aromatic carbocycles. The molecule has 0 unspecified atom stereocenters. The fraction of sp³-hybridized carbons (Fsp3) is 0. The fourth-order valence-electron chi connectivity index (χ4n) is 0. The molecule has 0 atom stereocenters. The summed E-state index contributed by atoms with van der Waals surface area (Å²) in [6.07, 6.45) is 0. The third-order valence-electron chi connectivity index (χ3n) is 0. The van der Waals surface area contributed by atoms with Gasteiger partial charge in [-0.25, -0.2) is 0 Å². The number of hydrogen-bond donors (Lipinski definition) is 2. The molecule has 0 aliphatic heterocycles. The van der Waals surface area contributed by atoms with E-state index in [0.29, 0.717) is 0 Å². The second-order valence-corrected chi connectivity index (χ2v) is 3.99. The van der Waals surface area contributed by atoms with Crippen molar-refractivity contribution < 1.29 is 47.5 Å². The third-order valence-corrected chi connectivity index (χ3v) is 0. The first kappa shape index (κ1) is 12.5. The van der Waals surface area contributed by atoms with Crippen LogP contribution in [-0.4, -0.2) is 17.5 Å². The van der Waals surface area contributed by atoms with Crippen molar-refractivity contribution in [3.63, 3.8) is 0 Å². The van der Waals surface area contributed by atoms with Crippen molar-refractivity contribution in [1.29, 1.82) is 0 Å². The Bertz CT molecular complexity index is 324. The molecule has 10 heavy (non-hydrogen) atoms. The Kier molecular flexibility index (Phi) is 4.81. The van der Waals surface area contributed by atoms with Crippen molar-refractivity contribution in [2.24, 2.45) is 0 Å². The zero-order valence-corrected chi connectivity index (χ0v) is 7.21. The Balaban J connectivity index is 0. The Morgan fingerprint density at radius 2 is 0.900 bits per heavy atom. The molecule has 0 amide bonds. The van der Waals surface area contributed by atoms with Crippen LogP contribution in [0.4, 0.5) is 0 Å². The van der Waals surface area contributed by atoms with Crippen molar-refractivity contribution in [3.8, 4) is 0 Å². The quantitative estimate of drug-likeness (QED) is 0.408. The average molecular weight is 255 g/mol. The first-order chi connectivity index (χ1) is 4.00. The van der Waals surface area contributed by atoms with Gasteiger partial charge in [0.15, 0.2) is 0 Å². The Hall–Kier alpha value is -0.190. The first-order valence-electron chi connectivity index (χ1n) is 1.43. The summed E-state index contributed by atoms with van der Waals surface area (Å²) in [4.78, 5) is 0. The summed E-state index contributed by atoms with van der Waals surface area (Å²) in [5.74, 6) is 0. The van der Waals surface area contributed by atoms with Gasteiger partial charge in [0.25, 0.3) is 0 Å². The number of rotatable bonds is 0. The molecule has 2 N–H and O–H groups in total. The van der Waals surface area contributed by atoms with Crippen LogP contribution in [0.3, 0.4) is 0 Å². The van der Waals surface area contributed by atoms with Crippen LogP contribution < -0.4 is 0 Å². The maximum atomic E-state index is 8.74. The average Bonchev–Trinajstić information content (AvgIpc) is 1.12. The summed E-state index contributed by atoms with van der Waals surface area (Å²) >= 11 is -6.10. The standard InChI is InChI=1S/Nb.H2O4S.4O/c;1-5(2,3)4;;;;/h;(H2,1,2,3,4);;;;. The van der Waals surface area contributed by atoms with Gasteiger partial charge in [0.1, 0.15) is 0 Å². The van der Waals surface area contributed by atoms with Gasteiger partial charge in [0, 0.05) is 0 Å². The second-order valence-electron chi connectivity index (χ2n) is 0.895. The van der Waals surface area contributed by atoms with E-state index in [0.717, 1.165) is 0 Å². The molecule has 0 rings (SSSR count). The molecule has 0 heterocycles. The van der Waals surface area contributed by atoms with E-state index in [-0.39, 0.29) is 0 Å². The molecule has 0 spiro atoms. The van der Waals surface area contributed by atoms with E-state index in [9.17, 15) is 0 Å². The molecule has 61 valence electrons. The minimum absolute atomic E-state index is 4.67. The predicted octanol–water partition coefficient (Wildman–Crippen LogP) is -1.13. The third kappa shape index (κ3) is 10100. The van der Waals surface area contributed by atoms with Crippen LogP contribution in [0.15, 0.2) is 0 Å². The molecule has 0 saturated carbocycles. The molecular formula is H2NbO8S. The van der Waals surface area contributed by atoms with Crippen molar-refractivity contribution in [3.05, 3.63) is 0 Å². The van der Waals surface area contributed by atoms with E-state index in [1.807, 2.05) is 0 Å². The summed E-state index contributed by atoms with van der Waals surface area (Å²) in [5, 5.41) is 0.